The number of fused-ring (bicyclic) bond motifs is 1. The van der Waals surface area contributed by atoms with Gasteiger partial charge < -0.3 is 4.98 Å². The second-order valence-electron chi connectivity index (χ2n) is 6.90. The summed E-state index contributed by atoms with van der Waals surface area (Å²) in [4.78, 5) is 14.1. The number of hydrogen-bond acceptors (Lipinski definition) is 4. The van der Waals surface area contributed by atoms with Gasteiger partial charge in [0.1, 0.15) is 5.65 Å². The van der Waals surface area contributed by atoms with Crippen LogP contribution in [0.5, 0.6) is 0 Å². The van der Waals surface area contributed by atoms with Gasteiger partial charge in [0.15, 0.2) is 0 Å². The van der Waals surface area contributed by atoms with Crippen molar-refractivity contribution in [1.82, 2.24) is 24.7 Å². The minimum absolute atomic E-state index is 0.855. The Balaban J connectivity index is 1.56. The lowest BCUT2D eigenvalue weighted by Crippen LogP contribution is -1.87. The van der Waals surface area contributed by atoms with Crippen LogP contribution in [0.3, 0.4) is 0 Å². The van der Waals surface area contributed by atoms with E-state index in [4.69, 9.17) is 4.98 Å². The maximum Gasteiger partial charge on any atom is 0.137 e. The van der Waals surface area contributed by atoms with Crippen LogP contribution in [-0.2, 0) is 13.5 Å². The van der Waals surface area contributed by atoms with Crippen LogP contribution in [0.25, 0.3) is 33.4 Å². The Kier molecular flexibility index (Phi) is 4.06. The highest BCUT2D eigenvalue weighted by atomic mass is 32.1. The molecule has 4 aromatic heterocycles. The number of hydrogen-bond donors (Lipinski definition) is 1. The van der Waals surface area contributed by atoms with Gasteiger partial charge in [-0.05, 0) is 18.6 Å². The number of rotatable bonds is 4. The van der Waals surface area contributed by atoms with E-state index in [0.717, 1.165) is 44.8 Å². The molecule has 0 bridgehead atoms. The molecule has 0 spiro atoms. The van der Waals surface area contributed by atoms with E-state index in [1.165, 1.54) is 10.4 Å². The SMILES string of the molecule is Cc1sc(Cc2ccccc2)nc1-c1c[nH]c2ncc(-c3cnn(C)c3)cc12. The second kappa shape index (κ2) is 6.73. The van der Waals surface area contributed by atoms with Crippen LogP contribution in [0.15, 0.2) is 61.2 Å². The Hall–Kier alpha value is -3.25. The standard InChI is InChI=1S/C22H19N5S/c1-14-21(26-20(28-14)8-15-6-4-3-5-7-15)19-12-24-22-18(19)9-16(10-23-22)17-11-25-27(2)13-17/h3-7,9-13H,8H2,1-2H3,(H,23,24). The molecule has 0 saturated heterocycles. The van der Waals surface area contributed by atoms with Crippen molar-refractivity contribution >= 4 is 22.4 Å². The summed E-state index contributed by atoms with van der Waals surface area (Å²) in [5, 5.41) is 6.48. The van der Waals surface area contributed by atoms with Gasteiger partial charge in [-0.25, -0.2) is 9.97 Å². The van der Waals surface area contributed by atoms with Gasteiger partial charge in [0.25, 0.3) is 0 Å². The van der Waals surface area contributed by atoms with Crippen LogP contribution >= 0.6 is 11.3 Å². The van der Waals surface area contributed by atoms with Gasteiger partial charge in [-0.2, -0.15) is 5.10 Å². The fourth-order valence-electron chi connectivity index (χ4n) is 3.47. The lowest BCUT2D eigenvalue weighted by molar-refractivity contribution is 0.768. The van der Waals surface area contributed by atoms with Gasteiger partial charge in [0, 0.05) is 59.0 Å². The highest BCUT2D eigenvalue weighted by Crippen LogP contribution is 2.34. The molecule has 0 saturated carbocycles. The predicted molar refractivity (Wildman–Crippen MR) is 113 cm³/mol. The number of nitrogens with zero attached hydrogens (tertiary/aromatic N) is 4. The summed E-state index contributed by atoms with van der Waals surface area (Å²) in [7, 11) is 1.92. The Bertz CT molecular complexity index is 1260. The van der Waals surface area contributed by atoms with Crippen LogP contribution in [0, 0.1) is 6.92 Å². The number of aromatic nitrogens is 5. The van der Waals surface area contributed by atoms with Crippen LogP contribution in [-0.4, -0.2) is 24.7 Å². The minimum atomic E-state index is 0.855. The van der Waals surface area contributed by atoms with Crippen LogP contribution < -0.4 is 0 Å². The third-order valence-corrected chi connectivity index (χ3v) is 5.83. The van der Waals surface area contributed by atoms with Crippen molar-refractivity contribution in [3.63, 3.8) is 0 Å². The van der Waals surface area contributed by atoms with E-state index >= 15 is 0 Å². The maximum absolute atomic E-state index is 4.96. The Morgan fingerprint density at radius 1 is 1.11 bits per heavy atom. The van der Waals surface area contributed by atoms with Crippen molar-refractivity contribution in [1.29, 1.82) is 0 Å². The van der Waals surface area contributed by atoms with Gasteiger partial charge in [-0.15, -0.1) is 11.3 Å². The molecule has 0 aliphatic carbocycles. The molecular weight excluding hydrogens is 366 g/mol. The number of pyridine rings is 1. The molecule has 5 nitrogen and oxygen atoms in total. The average Bonchev–Trinajstić information content (AvgIpc) is 3.40. The van der Waals surface area contributed by atoms with Crippen molar-refractivity contribution < 1.29 is 0 Å². The Labute approximate surface area is 166 Å². The van der Waals surface area contributed by atoms with Crippen molar-refractivity contribution in [2.75, 3.05) is 0 Å². The van der Waals surface area contributed by atoms with Crippen molar-refractivity contribution in [2.45, 2.75) is 13.3 Å². The fraction of sp³-hybridized carbons (Fsp3) is 0.136. The Morgan fingerprint density at radius 3 is 2.75 bits per heavy atom. The number of H-pyrrole nitrogens is 1. The third kappa shape index (κ3) is 3.01. The highest BCUT2D eigenvalue weighted by molar-refractivity contribution is 7.12. The fourth-order valence-corrected chi connectivity index (χ4v) is 4.46. The molecular formula is C22H19N5S. The van der Waals surface area contributed by atoms with Crippen molar-refractivity contribution in [2.24, 2.45) is 7.05 Å². The minimum Gasteiger partial charge on any atom is -0.345 e. The molecule has 4 heterocycles. The molecule has 28 heavy (non-hydrogen) atoms. The van der Waals surface area contributed by atoms with E-state index in [2.05, 4.69) is 52.3 Å². The smallest absolute Gasteiger partial charge is 0.137 e. The van der Waals surface area contributed by atoms with E-state index < -0.39 is 0 Å². The summed E-state index contributed by atoms with van der Waals surface area (Å²) in [6.07, 6.45) is 8.61. The second-order valence-corrected chi connectivity index (χ2v) is 8.19. The topological polar surface area (TPSA) is 59.4 Å². The molecule has 5 rings (SSSR count). The largest absolute Gasteiger partial charge is 0.345 e. The molecule has 0 unspecified atom stereocenters. The Morgan fingerprint density at radius 2 is 1.96 bits per heavy atom. The first-order valence-electron chi connectivity index (χ1n) is 9.14. The van der Waals surface area contributed by atoms with E-state index in [0.29, 0.717) is 0 Å². The molecule has 138 valence electrons. The number of nitrogens with one attached hydrogen (secondary N) is 1. The average molecular weight is 385 g/mol. The summed E-state index contributed by atoms with van der Waals surface area (Å²) in [5.41, 5.74) is 6.40. The first-order valence-corrected chi connectivity index (χ1v) is 9.96. The number of aromatic amines is 1. The lowest BCUT2D eigenvalue weighted by atomic mass is 10.1. The van der Waals surface area contributed by atoms with Crippen LogP contribution in [0.4, 0.5) is 0 Å². The zero-order valence-electron chi connectivity index (χ0n) is 15.7. The molecule has 0 aliphatic rings. The first-order chi connectivity index (χ1) is 13.7. The molecule has 0 amide bonds. The highest BCUT2D eigenvalue weighted by Gasteiger charge is 2.16. The number of thiazole rings is 1. The van der Waals surface area contributed by atoms with Gasteiger partial charge >= 0.3 is 0 Å². The van der Waals surface area contributed by atoms with Crippen LogP contribution in [0.1, 0.15) is 15.4 Å². The van der Waals surface area contributed by atoms with Gasteiger partial charge in [-0.3, -0.25) is 4.68 Å². The molecule has 0 radical (unpaired) electrons. The summed E-state index contributed by atoms with van der Waals surface area (Å²) < 4.78 is 1.80. The maximum atomic E-state index is 4.96. The molecule has 5 aromatic rings. The first kappa shape index (κ1) is 16.9. The molecule has 0 atom stereocenters. The normalized spacial score (nSPS) is 11.4. The molecule has 6 heteroatoms. The zero-order valence-corrected chi connectivity index (χ0v) is 16.5. The van der Waals surface area contributed by atoms with E-state index in [9.17, 15) is 0 Å². The number of benzene rings is 1. The summed E-state index contributed by atoms with van der Waals surface area (Å²) in [5.74, 6) is 0. The van der Waals surface area contributed by atoms with Crippen molar-refractivity contribution in [3.05, 3.63) is 76.6 Å². The monoisotopic (exact) mass is 385 g/mol. The third-order valence-electron chi connectivity index (χ3n) is 4.86. The van der Waals surface area contributed by atoms with Gasteiger partial charge in [-0.1, -0.05) is 30.3 Å². The summed E-state index contributed by atoms with van der Waals surface area (Å²) >= 11 is 1.76. The predicted octanol–water partition coefficient (Wildman–Crippen LogP) is 4.99. The molecule has 1 N–H and O–H groups in total. The van der Waals surface area contributed by atoms with E-state index in [-0.39, 0.29) is 0 Å². The van der Waals surface area contributed by atoms with Gasteiger partial charge in [0.2, 0.25) is 0 Å². The lowest BCUT2D eigenvalue weighted by Gasteiger charge is -2.00. The molecule has 0 aliphatic heterocycles. The number of aryl methyl sites for hydroxylation is 2. The quantitative estimate of drug-likeness (QED) is 0.474. The van der Waals surface area contributed by atoms with Crippen molar-refractivity contribution in [3.8, 4) is 22.4 Å². The van der Waals surface area contributed by atoms with E-state index in [1.54, 1.807) is 16.0 Å². The molecule has 1 aromatic carbocycles. The van der Waals surface area contributed by atoms with Crippen LogP contribution in [0.2, 0.25) is 0 Å². The summed E-state index contributed by atoms with van der Waals surface area (Å²) in [6.45, 7) is 2.14. The molecule has 0 fully saturated rings. The van der Waals surface area contributed by atoms with Gasteiger partial charge in [0.05, 0.1) is 16.9 Å². The van der Waals surface area contributed by atoms with E-state index in [1.807, 2.05) is 37.9 Å². The summed E-state index contributed by atoms with van der Waals surface area (Å²) in [6, 6.07) is 12.6. The zero-order chi connectivity index (χ0) is 19.1.